The molecular weight excluding hydrogens is 282 g/mol. The first-order valence-corrected chi connectivity index (χ1v) is 6.60. The molecule has 0 saturated heterocycles. The van der Waals surface area contributed by atoms with E-state index in [2.05, 4.69) is 29.2 Å². The largest absolute Gasteiger partial charge is 0.493 e. The molecule has 1 aromatic rings. The third-order valence-corrected chi connectivity index (χ3v) is 2.64. The molecule has 21 heavy (non-hydrogen) atoms. The number of halogens is 2. The zero-order valence-corrected chi connectivity index (χ0v) is 12.3. The van der Waals surface area contributed by atoms with Gasteiger partial charge in [0.1, 0.15) is 0 Å². The highest BCUT2D eigenvalue weighted by molar-refractivity contribution is 5.89. The molecule has 0 aliphatic carbocycles. The van der Waals surface area contributed by atoms with E-state index in [-0.39, 0.29) is 11.5 Å². The van der Waals surface area contributed by atoms with E-state index in [1.54, 1.807) is 6.07 Å². The highest BCUT2D eigenvalue weighted by Gasteiger charge is 2.12. The lowest BCUT2D eigenvalue weighted by Gasteiger charge is -2.13. The summed E-state index contributed by atoms with van der Waals surface area (Å²) < 4.78 is 33.8. The molecule has 0 radical (unpaired) electrons. The number of anilines is 1. The predicted octanol–water partition coefficient (Wildman–Crippen LogP) is 3.46. The predicted molar refractivity (Wildman–Crippen MR) is 76.1 cm³/mol. The van der Waals surface area contributed by atoms with Crippen molar-refractivity contribution in [2.45, 2.75) is 26.9 Å². The van der Waals surface area contributed by atoms with Gasteiger partial charge in [-0.3, -0.25) is 0 Å². The van der Waals surface area contributed by atoms with E-state index in [1.165, 1.54) is 19.2 Å². The van der Waals surface area contributed by atoms with Gasteiger partial charge in [0.15, 0.2) is 11.5 Å². The molecule has 2 amide bonds. The number of urea groups is 1. The highest BCUT2D eigenvalue weighted by Crippen LogP contribution is 2.31. The number of nitrogens with one attached hydrogen (secondary N) is 2. The lowest BCUT2D eigenvalue weighted by molar-refractivity contribution is -0.0511. The average Bonchev–Trinajstić information content (AvgIpc) is 2.37. The zero-order chi connectivity index (χ0) is 15.8. The fraction of sp³-hybridized carbons (Fsp3) is 0.500. The van der Waals surface area contributed by atoms with Crippen molar-refractivity contribution in [3.05, 3.63) is 18.2 Å². The van der Waals surface area contributed by atoms with Crippen molar-refractivity contribution in [3.8, 4) is 11.5 Å². The molecule has 2 N–H and O–H groups in total. The van der Waals surface area contributed by atoms with E-state index >= 15 is 0 Å². The Morgan fingerprint density at radius 1 is 1.29 bits per heavy atom. The number of hydrogen-bond acceptors (Lipinski definition) is 3. The second kappa shape index (κ2) is 8.28. The van der Waals surface area contributed by atoms with Crippen molar-refractivity contribution in [1.29, 1.82) is 0 Å². The zero-order valence-electron chi connectivity index (χ0n) is 12.3. The van der Waals surface area contributed by atoms with E-state index in [0.29, 0.717) is 18.2 Å². The maximum Gasteiger partial charge on any atom is 0.387 e. The van der Waals surface area contributed by atoms with Crippen molar-refractivity contribution in [3.63, 3.8) is 0 Å². The normalized spacial score (nSPS) is 10.6. The van der Waals surface area contributed by atoms with Gasteiger partial charge in [0.05, 0.1) is 7.11 Å². The Bertz CT molecular complexity index is 468. The average molecular weight is 302 g/mol. The van der Waals surface area contributed by atoms with Crippen LogP contribution in [0, 0.1) is 5.92 Å². The van der Waals surface area contributed by atoms with Gasteiger partial charge in [-0.05, 0) is 24.5 Å². The minimum absolute atomic E-state index is 0.132. The van der Waals surface area contributed by atoms with Crippen molar-refractivity contribution < 1.29 is 23.0 Å². The molecule has 0 aromatic heterocycles. The van der Waals surface area contributed by atoms with E-state index in [0.717, 1.165) is 6.42 Å². The van der Waals surface area contributed by atoms with Crippen LogP contribution in [0.3, 0.4) is 0 Å². The maximum atomic E-state index is 12.3. The standard InChI is InChI=1S/C14H20F2N2O3/c1-9(2)6-7-17-14(19)18-10-4-5-11(20-3)12(8-10)21-13(15)16/h4-5,8-9,13H,6-7H2,1-3H3,(H2,17,18,19). The summed E-state index contributed by atoms with van der Waals surface area (Å²) in [6.45, 7) is 1.68. The Hall–Kier alpha value is -2.05. The van der Waals surface area contributed by atoms with Crippen LogP contribution >= 0.6 is 0 Å². The summed E-state index contributed by atoms with van der Waals surface area (Å²) >= 11 is 0. The Morgan fingerprint density at radius 2 is 2.00 bits per heavy atom. The summed E-state index contributed by atoms with van der Waals surface area (Å²) in [4.78, 5) is 11.6. The molecule has 0 unspecified atom stereocenters. The minimum Gasteiger partial charge on any atom is -0.493 e. The van der Waals surface area contributed by atoms with Crippen LogP contribution in [0.25, 0.3) is 0 Å². The van der Waals surface area contributed by atoms with Gasteiger partial charge in [0.2, 0.25) is 0 Å². The monoisotopic (exact) mass is 302 g/mol. The van der Waals surface area contributed by atoms with E-state index in [9.17, 15) is 13.6 Å². The Morgan fingerprint density at radius 3 is 2.57 bits per heavy atom. The number of carbonyl (C=O) groups excluding carboxylic acids is 1. The van der Waals surface area contributed by atoms with Crippen LogP contribution in [0.4, 0.5) is 19.3 Å². The van der Waals surface area contributed by atoms with Gasteiger partial charge in [-0.15, -0.1) is 0 Å². The molecular formula is C14H20F2N2O3. The molecule has 0 heterocycles. The van der Waals surface area contributed by atoms with E-state index < -0.39 is 12.6 Å². The van der Waals surface area contributed by atoms with Crippen LogP contribution in [-0.4, -0.2) is 26.3 Å². The van der Waals surface area contributed by atoms with Crippen LogP contribution in [0.2, 0.25) is 0 Å². The van der Waals surface area contributed by atoms with Crippen molar-refractivity contribution in [1.82, 2.24) is 5.32 Å². The second-order valence-electron chi connectivity index (χ2n) is 4.81. The summed E-state index contributed by atoms with van der Waals surface area (Å²) in [5.41, 5.74) is 0.341. The quantitative estimate of drug-likeness (QED) is 0.811. The number of carbonyl (C=O) groups is 1. The number of amides is 2. The summed E-state index contributed by atoms with van der Waals surface area (Å²) in [7, 11) is 1.35. The first-order chi connectivity index (χ1) is 9.92. The molecule has 0 aliphatic heterocycles. The van der Waals surface area contributed by atoms with Crippen LogP contribution in [0.1, 0.15) is 20.3 Å². The molecule has 0 saturated carbocycles. The topological polar surface area (TPSA) is 59.6 Å². The number of rotatable bonds is 7. The molecule has 0 fully saturated rings. The first-order valence-electron chi connectivity index (χ1n) is 6.60. The van der Waals surface area contributed by atoms with Crippen molar-refractivity contribution in [2.75, 3.05) is 19.0 Å². The Balaban J connectivity index is 2.64. The number of alkyl halides is 2. The fourth-order valence-electron chi connectivity index (χ4n) is 1.59. The minimum atomic E-state index is -2.96. The SMILES string of the molecule is COc1ccc(NC(=O)NCCC(C)C)cc1OC(F)F. The smallest absolute Gasteiger partial charge is 0.387 e. The van der Waals surface area contributed by atoms with Crippen LogP contribution < -0.4 is 20.1 Å². The van der Waals surface area contributed by atoms with Gasteiger partial charge >= 0.3 is 12.6 Å². The number of methoxy groups -OCH3 is 1. The van der Waals surface area contributed by atoms with Gasteiger partial charge in [0, 0.05) is 18.3 Å². The summed E-state index contributed by atoms with van der Waals surface area (Å²) in [5.74, 6) is 0.519. The third kappa shape index (κ3) is 6.29. The Kier molecular flexibility index (Phi) is 6.71. The number of ether oxygens (including phenoxy) is 2. The van der Waals surface area contributed by atoms with Gasteiger partial charge in [-0.25, -0.2) is 4.79 Å². The van der Waals surface area contributed by atoms with E-state index in [4.69, 9.17) is 4.74 Å². The van der Waals surface area contributed by atoms with E-state index in [1.807, 2.05) is 0 Å². The molecule has 5 nitrogen and oxygen atoms in total. The molecule has 1 aromatic carbocycles. The summed E-state index contributed by atoms with van der Waals surface area (Å²) in [5, 5.41) is 5.23. The summed E-state index contributed by atoms with van der Waals surface area (Å²) in [6.07, 6.45) is 0.857. The first kappa shape index (κ1) is 17.0. The van der Waals surface area contributed by atoms with Crippen molar-refractivity contribution in [2.24, 2.45) is 5.92 Å². The molecule has 0 spiro atoms. The third-order valence-electron chi connectivity index (χ3n) is 2.64. The molecule has 0 atom stereocenters. The van der Waals surface area contributed by atoms with Crippen LogP contribution in [0.5, 0.6) is 11.5 Å². The molecule has 0 bridgehead atoms. The molecule has 7 heteroatoms. The molecule has 1 rings (SSSR count). The van der Waals surface area contributed by atoms with Crippen LogP contribution in [0.15, 0.2) is 18.2 Å². The van der Waals surface area contributed by atoms with Gasteiger partial charge in [0.25, 0.3) is 0 Å². The van der Waals surface area contributed by atoms with Gasteiger partial charge in [-0.2, -0.15) is 8.78 Å². The van der Waals surface area contributed by atoms with Crippen LogP contribution in [-0.2, 0) is 0 Å². The number of benzene rings is 1. The highest BCUT2D eigenvalue weighted by atomic mass is 19.3. The van der Waals surface area contributed by atoms with Gasteiger partial charge in [-0.1, -0.05) is 13.8 Å². The lowest BCUT2D eigenvalue weighted by atomic mass is 10.1. The summed E-state index contributed by atoms with van der Waals surface area (Å²) in [6, 6.07) is 3.87. The maximum absolute atomic E-state index is 12.3. The second-order valence-corrected chi connectivity index (χ2v) is 4.81. The molecule has 0 aliphatic rings. The van der Waals surface area contributed by atoms with Crippen molar-refractivity contribution >= 4 is 11.7 Å². The fourth-order valence-corrected chi connectivity index (χ4v) is 1.59. The molecule has 118 valence electrons. The lowest BCUT2D eigenvalue weighted by Crippen LogP contribution is -2.30. The van der Waals surface area contributed by atoms with Gasteiger partial charge < -0.3 is 20.1 Å². The number of hydrogen-bond donors (Lipinski definition) is 2. The Labute approximate surface area is 122 Å².